The number of amides is 2. The van der Waals surface area contributed by atoms with E-state index in [1.807, 2.05) is 18.7 Å². The first-order valence-corrected chi connectivity index (χ1v) is 8.42. The van der Waals surface area contributed by atoms with E-state index >= 15 is 0 Å². The topological polar surface area (TPSA) is 82.4 Å². The molecule has 3 N–H and O–H groups in total. The number of aromatic nitrogens is 2. The predicted molar refractivity (Wildman–Crippen MR) is 90.6 cm³/mol. The van der Waals surface area contributed by atoms with Gasteiger partial charge in [-0.15, -0.1) is 0 Å². The molecule has 23 heavy (non-hydrogen) atoms. The third kappa shape index (κ3) is 4.03. The van der Waals surface area contributed by atoms with Crippen LogP contribution in [0.25, 0.3) is 0 Å². The van der Waals surface area contributed by atoms with Crippen LogP contribution >= 0.6 is 0 Å². The number of urea groups is 1. The van der Waals surface area contributed by atoms with Crippen molar-refractivity contribution in [3.63, 3.8) is 0 Å². The van der Waals surface area contributed by atoms with Gasteiger partial charge in [-0.2, -0.15) is 5.10 Å². The average molecular weight is 323 g/mol. The van der Waals surface area contributed by atoms with Gasteiger partial charge in [-0.25, -0.2) is 9.48 Å². The molecule has 2 rings (SSSR count). The number of carbonyl (C=O) groups is 1. The zero-order valence-electron chi connectivity index (χ0n) is 14.5. The first kappa shape index (κ1) is 17.7. The lowest BCUT2D eigenvalue weighted by atomic mass is 10.2. The highest BCUT2D eigenvalue weighted by Crippen LogP contribution is 2.23. The predicted octanol–water partition coefficient (Wildman–Crippen LogP) is 1.74. The SMILES string of the molecule is CCC(CC)n1ncc(C)c1NC(=O)N[C@@H]1C[C@@H](CO)N(C)C1. The molecule has 1 aromatic heterocycles. The molecule has 0 aromatic carbocycles. The Hall–Kier alpha value is -1.60. The molecule has 1 aromatic rings. The Bertz CT molecular complexity index is 527. The van der Waals surface area contributed by atoms with Crippen molar-refractivity contribution < 1.29 is 9.90 Å². The van der Waals surface area contributed by atoms with Crippen molar-refractivity contribution in [2.75, 3.05) is 25.5 Å². The molecule has 0 aliphatic carbocycles. The number of aliphatic hydroxyl groups excluding tert-OH is 1. The van der Waals surface area contributed by atoms with Crippen LogP contribution in [0.5, 0.6) is 0 Å². The van der Waals surface area contributed by atoms with Crippen molar-refractivity contribution >= 4 is 11.8 Å². The van der Waals surface area contributed by atoms with Crippen LogP contribution in [-0.2, 0) is 0 Å². The minimum atomic E-state index is -0.210. The van der Waals surface area contributed by atoms with E-state index in [1.54, 1.807) is 6.20 Å². The van der Waals surface area contributed by atoms with Gasteiger partial charge in [0, 0.05) is 24.2 Å². The van der Waals surface area contributed by atoms with Crippen LogP contribution < -0.4 is 10.6 Å². The van der Waals surface area contributed by atoms with Gasteiger partial charge < -0.3 is 10.4 Å². The van der Waals surface area contributed by atoms with Crippen LogP contribution in [0, 0.1) is 6.92 Å². The van der Waals surface area contributed by atoms with Crippen LogP contribution in [0.3, 0.4) is 0 Å². The number of hydrogen-bond acceptors (Lipinski definition) is 4. The minimum Gasteiger partial charge on any atom is -0.395 e. The summed E-state index contributed by atoms with van der Waals surface area (Å²) in [5.41, 5.74) is 0.962. The summed E-state index contributed by atoms with van der Waals surface area (Å²) in [6.45, 7) is 7.07. The molecule has 130 valence electrons. The molecule has 1 aliphatic heterocycles. The second kappa shape index (κ2) is 7.79. The Morgan fingerprint density at radius 3 is 2.74 bits per heavy atom. The molecule has 2 atom stereocenters. The molecule has 0 bridgehead atoms. The standard InChI is InChI=1S/C16H29N5O2/c1-5-13(6-2)21-15(11(3)8-17-21)19-16(23)18-12-7-14(10-22)20(4)9-12/h8,12-14,22H,5-7,9-10H2,1-4H3,(H2,18,19,23)/t12-,14+/m1/s1. The largest absolute Gasteiger partial charge is 0.395 e. The van der Waals surface area contributed by atoms with E-state index in [0.717, 1.165) is 37.2 Å². The van der Waals surface area contributed by atoms with Gasteiger partial charge in [0.1, 0.15) is 5.82 Å². The van der Waals surface area contributed by atoms with Gasteiger partial charge in [0.25, 0.3) is 0 Å². The Kier molecular flexibility index (Phi) is 6.01. The number of carbonyl (C=O) groups excluding carboxylic acids is 1. The Morgan fingerprint density at radius 2 is 2.17 bits per heavy atom. The number of aryl methyl sites for hydroxylation is 1. The highest BCUT2D eigenvalue weighted by molar-refractivity contribution is 5.89. The van der Waals surface area contributed by atoms with E-state index in [1.165, 1.54) is 0 Å². The van der Waals surface area contributed by atoms with Crippen molar-refractivity contribution in [1.29, 1.82) is 0 Å². The number of nitrogens with zero attached hydrogens (tertiary/aromatic N) is 3. The lowest BCUT2D eigenvalue weighted by Gasteiger charge is -2.19. The van der Waals surface area contributed by atoms with Gasteiger partial charge in [0.2, 0.25) is 0 Å². The Labute approximate surface area is 138 Å². The average Bonchev–Trinajstić information content (AvgIpc) is 3.05. The monoisotopic (exact) mass is 323 g/mol. The molecular formula is C16H29N5O2. The zero-order chi connectivity index (χ0) is 17.0. The fourth-order valence-corrected chi connectivity index (χ4v) is 3.24. The van der Waals surface area contributed by atoms with E-state index in [0.29, 0.717) is 0 Å². The fourth-order valence-electron chi connectivity index (χ4n) is 3.24. The number of likely N-dealkylation sites (N-methyl/N-ethyl adjacent to an activating group) is 1. The maximum absolute atomic E-state index is 12.3. The Morgan fingerprint density at radius 1 is 1.48 bits per heavy atom. The molecule has 1 fully saturated rings. The number of rotatable bonds is 6. The lowest BCUT2D eigenvalue weighted by Crippen LogP contribution is -2.39. The first-order chi connectivity index (χ1) is 11.0. The van der Waals surface area contributed by atoms with Gasteiger partial charge in [0.15, 0.2) is 0 Å². The molecule has 0 unspecified atom stereocenters. The van der Waals surface area contributed by atoms with Crippen molar-refractivity contribution in [2.24, 2.45) is 0 Å². The summed E-state index contributed by atoms with van der Waals surface area (Å²) < 4.78 is 1.91. The van der Waals surface area contributed by atoms with E-state index in [9.17, 15) is 9.90 Å². The summed E-state index contributed by atoms with van der Waals surface area (Å²) >= 11 is 0. The van der Waals surface area contributed by atoms with Crippen molar-refractivity contribution in [3.8, 4) is 0 Å². The third-order valence-electron chi connectivity index (χ3n) is 4.73. The molecule has 2 heterocycles. The van der Waals surface area contributed by atoms with Crippen molar-refractivity contribution in [2.45, 2.75) is 58.2 Å². The maximum Gasteiger partial charge on any atom is 0.320 e. The van der Waals surface area contributed by atoms with Gasteiger partial charge in [0.05, 0.1) is 18.8 Å². The maximum atomic E-state index is 12.3. The van der Waals surface area contributed by atoms with Crippen LogP contribution in [0.2, 0.25) is 0 Å². The molecule has 1 saturated heterocycles. The van der Waals surface area contributed by atoms with Gasteiger partial charge in [-0.3, -0.25) is 10.2 Å². The summed E-state index contributed by atoms with van der Waals surface area (Å²) in [5, 5.41) is 19.7. The number of hydrogen-bond donors (Lipinski definition) is 3. The van der Waals surface area contributed by atoms with E-state index in [-0.39, 0.29) is 30.8 Å². The van der Waals surface area contributed by atoms with Gasteiger partial charge in [-0.1, -0.05) is 13.8 Å². The molecule has 0 spiro atoms. The van der Waals surface area contributed by atoms with E-state index in [2.05, 4.69) is 34.5 Å². The third-order valence-corrected chi connectivity index (χ3v) is 4.73. The first-order valence-electron chi connectivity index (χ1n) is 8.42. The van der Waals surface area contributed by atoms with Crippen LogP contribution in [0.4, 0.5) is 10.6 Å². The quantitative estimate of drug-likeness (QED) is 0.745. The summed E-state index contributed by atoms with van der Waals surface area (Å²) in [6, 6.07) is 0.257. The van der Waals surface area contributed by atoms with E-state index in [4.69, 9.17) is 0 Å². The molecular weight excluding hydrogens is 294 g/mol. The molecule has 1 aliphatic rings. The molecule has 7 nitrogen and oxygen atoms in total. The zero-order valence-corrected chi connectivity index (χ0v) is 14.5. The van der Waals surface area contributed by atoms with Crippen molar-refractivity contribution in [3.05, 3.63) is 11.8 Å². The minimum absolute atomic E-state index is 0.0574. The van der Waals surface area contributed by atoms with E-state index < -0.39 is 0 Å². The normalized spacial score (nSPS) is 21.8. The summed E-state index contributed by atoms with van der Waals surface area (Å²) in [4.78, 5) is 14.4. The second-order valence-corrected chi connectivity index (χ2v) is 6.40. The van der Waals surface area contributed by atoms with Crippen LogP contribution in [0.15, 0.2) is 6.20 Å². The molecule has 7 heteroatoms. The highest BCUT2D eigenvalue weighted by atomic mass is 16.3. The number of aliphatic hydroxyl groups is 1. The number of nitrogens with one attached hydrogen (secondary N) is 2. The fraction of sp³-hybridized carbons (Fsp3) is 0.750. The molecule has 0 radical (unpaired) electrons. The number of anilines is 1. The second-order valence-electron chi connectivity index (χ2n) is 6.40. The van der Waals surface area contributed by atoms with Crippen molar-refractivity contribution in [1.82, 2.24) is 20.0 Å². The van der Waals surface area contributed by atoms with Gasteiger partial charge >= 0.3 is 6.03 Å². The molecule has 2 amide bonds. The lowest BCUT2D eigenvalue weighted by molar-refractivity contribution is 0.182. The van der Waals surface area contributed by atoms with Gasteiger partial charge in [-0.05, 0) is 33.2 Å². The van der Waals surface area contributed by atoms with Crippen LogP contribution in [0.1, 0.15) is 44.7 Å². The number of likely N-dealkylation sites (tertiary alicyclic amines) is 1. The smallest absolute Gasteiger partial charge is 0.320 e. The molecule has 0 saturated carbocycles. The highest BCUT2D eigenvalue weighted by Gasteiger charge is 2.30. The summed E-state index contributed by atoms with van der Waals surface area (Å²) in [7, 11) is 1.97. The Balaban J connectivity index is 2.00. The summed E-state index contributed by atoms with van der Waals surface area (Å²) in [5.74, 6) is 0.765. The summed E-state index contributed by atoms with van der Waals surface area (Å²) in [6.07, 6.45) is 4.50. The van der Waals surface area contributed by atoms with Crippen LogP contribution in [-0.4, -0.2) is 58.1 Å².